The van der Waals surface area contributed by atoms with Gasteiger partial charge in [-0.25, -0.2) is 9.59 Å². The van der Waals surface area contributed by atoms with Gasteiger partial charge in [0, 0.05) is 5.56 Å². The Hall–Kier alpha value is -3.45. The predicted molar refractivity (Wildman–Crippen MR) is 200 cm³/mol. The van der Waals surface area contributed by atoms with Gasteiger partial charge in [-0.15, -0.1) is 0 Å². The zero-order chi connectivity index (χ0) is 35.9. The molecule has 3 aromatic rings. The smallest absolute Gasteiger partial charge is 0.343 e. The van der Waals surface area contributed by atoms with Crippen LogP contribution >= 0.6 is 0 Å². The molecule has 0 radical (unpaired) electrons. The fourth-order valence-electron chi connectivity index (χ4n) is 5.00. The second kappa shape index (κ2) is 19.7. The number of hydrogen-bond acceptors (Lipinski definition) is 8. The molecule has 0 spiro atoms. The molecule has 0 heterocycles. The maximum atomic E-state index is 13.2. The van der Waals surface area contributed by atoms with E-state index in [-0.39, 0.29) is 6.61 Å². The van der Waals surface area contributed by atoms with E-state index in [1.807, 2.05) is 13.1 Å². The van der Waals surface area contributed by atoms with Crippen LogP contribution in [-0.2, 0) is 15.1 Å². The molecular formula is C39H56O8Si2. The molecule has 3 rings (SSSR count). The highest BCUT2D eigenvalue weighted by Crippen LogP contribution is 2.30. The third-order valence-corrected chi connectivity index (χ3v) is 14.7. The normalized spacial score (nSPS) is 12.3. The minimum atomic E-state index is -2.58. The maximum absolute atomic E-state index is 13.2. The van der Waals surface area contributed by atoms with Gasteiger partial charge in [0.25, 0.3) is 0 Å². The molecule has 0 saturated heterocycles. The Morgan fingerprint density at radius 2 is 1.20 bits per heavy atom. The lowest BCUT2D eigenvalue weighted by atomic mass is 10.1. The molecule has 1 unspecified atom stereocenters. The largest absolute Gasteiger partial charge is 0.494 e. The van der Waals surface area contributed by atoms with Crippen molar-refractivity contribution in [2.24, 2.45) is 5.92 Å². The molecule has 268 valence electrons. The van der Waals surface area contributed by atoms with Crippen LogP contribution in [0.2, 0.25) is 32.2 Å². The standard InChI is InChI=1S/C39H56O8Si2/c1-9-12-25-42-34-18-14-31(15-19-34)38(40)45-36-22-23-37(46-39(41)32-16-20-35(21-17-32)43-26-13-10-2)33(28-36)29-44-49(7,8)47-48(5,6)27-24-30(4)11-3/h14-23,28,30H,9-13,24-27,29H2,1-8H3. The number of benzene rings is 3. The van der Waals surface area contributed by atoms with Gasteiger partial charge in [-0.1, -0.05) is 53.4 Å². The van der Waals surface area contributed by atoms with Crippen LogP contribution in [0.1, 0.15) is 92.5 Å². The average Bonchev–Trinajstić information content (AvgIpc) is 3.07. The van der Waals surface area contributed by atoms with Crippen LogP contribution < -0.4 is 18.9 Å². The van der Waals surface area contributed by atoms with Gasteiger partial charge >= 0.3 is 20.5 Å². The van der Waals surface area contributed by atoms with Gasteiger partial charge in [0.2, 0.25) is 0 Å². The summed E-state index contributed by atoms with van der Waals surface area (Å²) in [6.45, 7) is 18.6. The minimum absolute atomic E-state index is 0.122. The summed E-state index contributed by atoms with van der Waals surface area (Å²) < 4.78 is 36.2. The first-order valence-electron chi connectivity index (χ1n) is 17.7. The zero-order valence-corrected chi connectivity index (χ0v) is 32.8. The van der Waals surface area contributed by atoms with Gasteiger partial charge < -0.3 is 27.5 Å². The summed E-state index contributed by atoms with van der Waals surface area (Å²) in [5, 5.41) is 0. The Balaban J connectivity index is 1.78. The average molecular weight is 709 g/mol. The number of unbranched alkanes of at least 4 members (excludes halogenated alkanes) is 2. The highest BCUT2D eigenvalue weighted by molar-refractivity contribution is 6.82. The molecular weight excluding hydrogens is 653 g/mol. The van der Waals surface area contributed by atoms with E-state index in [1.165, 1.54) is 0 Å². The van der Waals surface area contributed by atoms with Gasteiger partial charge in [-0.05, 0) is 118 Å². The Morgan fingerprint density at radius 1 is 0.694 bits per heavy atom. The molecule has 3 aromatic carbocycles. The number of carbonyl (C=O) groups is 2. The summed E-state index contributed by atoms with van der Waals surface area (Å²) in [6, 6.07) is 19.8. The van der Waals surface area contributed by atoms with Gasteiger partial charge in [-0.3, -0.25) is 0 Å². The lowest BCUT2D eigenvalue weighted by Crippen LogP contribution is -2.46. The third kappa shape index (κ3) is 14.1. The van der Waals surface area contributed by atoms with Crippen molar-refractivity contribution in [1.82, 2.24) is 0 Å². The van der Waals surface area contributed by atoms with Gasteiger partial charge in [-0.2, -0.15) is 0 Å². The second-order valence-electron chi connectivity index (χ2n) is 13.6. The molecule has 0 saturated carbocycles. The molecule has 49 heavy (non-hydrogen) atoms. The molecule has 0 amide bonds. The van der Waals surface area contributed by atoms with Crippen LogP contribution in [0.5, 0.6) is 23.0 Å². The molecule has 0 aliphatic carbocycles. The van der Waals surface area contributed by atoms with E-state index in [9.17, 15) is 9.59 Å². The topological polar surface area (TPSA) is 89.5 Å². The first-order chi connectivity index (χ1) is 23.3. The van der Waals surface area contributed by atoms with E-state index >= 15 is 0 Å². The van der Waals surface area contributed by atoms with E-state index in [1.54, 1.807) is 66.7 Å². The van der Waals surface area contributed by atoms with Crippen molar-refractivity contribution >= 4 is 28.8 Å². The maximum Gasteiger partial charge on any atom is 0.343 e. The lowest BCUT2D eigenvalue weighted by molar-refractivity contribution is 0.0715. The number of esters is 2. The highest BCUT2D eigenvalue weighted by Gasteiger charge is 2.35. The number of hydrogen-bond donors (Lipinski definition) is 0. The van der Waals surface area contributed by atoms with Crippen molar-refractivity contribution in [1.29, 1.82) is 0 Å². The Kier molecular flexibility index (Phi) is 16.0. The second-order valence-corrected chi connectivity index (χ2v) is 21.5. The first kappa shape index (κ1) is 40.0. The van der Waals surface area contributed by atoms with Gasteiger partial charge in [0.15, 0.2) is 8.32 Å². The molecule has 0 aromatic heterocycles. The molecule has 0 aliphatic heterocycles. The summed E-state index contributed by atoms with van der Waals surface area (Å²) in [4.78, 5) is 26.3. The fourth-order valence-corrected chi connectivity index (χ4v) is 12.7. The van der Waals surface area contributed by atoms with E-state index in [4.69, 9.17) is 27.5 Å². The summed E-state index contributed by atoms with van der Waals surface area (Å²) >= 11 is 0. The van der Waals surface area contributed by atoms with E-state index in [2.05, 4.69) is 40.8 Å². The van der Waals surface area contributed by atoms with Crippen molar-refractivity contribution in [3.8, 4) is 23.0 Å². The molecule has 8 nitrogen and oxygen atoms in total. The van der Waals surface area contributed by atoms with E-state index in [0.29, 0.717) is 58.8 Å². The van der Waals surface area contributed by atoms with Crippen LogP contribution in [0.15, 0.2) is 66.7 Å². The molecule has 0 bridgehead atoms. The van der Waals surface area contributed by atoms with E-state index in [0.717, 1.165) is 44.6 Å². The summed E-state index contributed by atoms with van der Waals surface area (Å²) in [7, 11) is -4.56. The Labute approximate surface area is 295 Å². The van der Waals surface area contributed by atoms with Crippen LogP contribution in [-0.4, -0.2) is 42.0 Å². The van der Waals surface area contributed by atoms with Crippen LogP contribution in [0.4, 0.5) is 0 Å². The number of ether oxygens (including phenoxy) is 4. The SMILES string of the molecule is CCCCOc1ccc(C(=O)Oc2ccc(OC(=O)c3ccc(OCCCC)cc3)c(CO[Si](C)(C)O[Si](C)(C)CCC(C)CC)c2)cc1. The summed E-state index contributed by atoms with van der Waals surface area (Å²) in [6.07, 6.45) is 6.30. The van der Waals surface area contributed by atoms with Crippen LogP contribution in [0.3, 0.4) is 0 Å². The Bertz CT molecular complexity index is 1450. The molecule has 1 atom stereocenters. The van der Waals surface area contributed by atoms with Crippen LogP contribution in [0, 0.1) is 5.92 Å². The van der Waals surface area contributed by atoms with Gasteiger partial charge in [0.05, 0.1) is 30.9 Å². The predicted octanol–water partition coefficient (Wildman–Crippen LogP) is 10.4. The monoisotopic (exact) mass is 708 g/mol. The van der Waals surface area contributed by atoms with Crippen LogP contribution in [0.25, 0.3) is 0 Å². The molecule has 0 fully saturated rings. The van der Waals surface area contributed by atoms with Crippen molar-refractivity contribution < 1.29 is 37.1 Å². The third-order valence-electron chi connectivity index (χ3n) is 8.19. The number of carbonyl (C=O) groups excluding carboxylic acids is 2. The van der Waals surface area contributed by atoms with Crippen molar-refractivity contribution in [3.63, 3.8) is 0 Å². The molecule has 10 heteroatoms. The molecule has 0 aliphatic rings. The quantitative estimate of drug-likeness (QED) is 0.0468. The Morgan fingerprint density at radius 3 is 1.71 bits per heavy atom. The summed E-state index contributed by atoms with van der Waals surface area (Å²) in [5.74, 6) is 1.67. The fraction of sp³-hybridized carbons (Fsp3) is 0.487. The van der Waals surface area contributed by atoms with Crippen molar-refractivity contribution in [2.45, 2.75) is 105 Å². The first-order valence-corrected chi connectivity index (χ1v) is 23.6. The zero-order valence-electron chi connectivity index (χ0n) is 30.8. The number of rotatable bonds is 21. The van der Waals surface area contributed by atoms with Crippen molar-refractivity contribution in [2.75, 3.05) is 13.2 Å². The lowest BCUT2D eigenvalue weighted by Gasteiger charge is -2.34. The highest BCUT2D eigenvalue weighted by atomic mass is 28.4. The van der Waals surface area contributed by atoms with E-state index < -0.39 is 28.8 Å². The minimum Gasteiger partial charge on any atom is -0.494 e. The van der Waals surface area contributed by atoms with Gasteiger partial charge in [0.1, 0.15) is 23.0 Å². The molecule has 0 N–H and O–H groups in total. The van der Waals surface area contributed by atoms with Crippen molar-refractivity contribution in [3.05, 3.63) is 83.4 Å². The summed E-state index contributed by atoms with van der Waals surface area (Å²) in [5.41, 5.74) is 1.35.